The van der Waals surface area contributed by atoms with Crippen molar-refractivity contribution in [2.75, 3.05) is 6.61 Å². The van der Waals surface area contributed by atoms with Crippen LogP contribution in [-0.2, 0) is 20.7 Å². The van der Waals surface area contributed by atoms with Gasteiger partial charge in [-0.25, -0.2) is 9.59 Å². The van der Waals surface area contributed by atoms with E-state index in [0.29, 0.717) is 24.9 Å². The highest BCUT2D eigenvalue weighted by atomic mass is 32.1. The van der Waals surface area contributed by atoms with E-state index in [9.17, 15) is 14.7 Å². The van der Waals surface area contributed by atoms with Gasteiger partial charge in [-0.3, -0.25) is 0 Å². The van der Waals surface area contributed by atoms with Crippen molar-refractivity contribution in [2.45, 2.75) is 64.7 Å². The molecule has 1 aliphatic rings. The molecule has 1 aliphatic carbocycles. The molecule has 2 rings (SSSR count). The zero-order valence-electron chi connectivity index (χ0n) is 18.1. The molecule has 0 aliphatic heterocycles. The molecule has 31 heavy (non-hydrogen) atoms. The monoisotopic (exact) mass is 451 g/mol. The van der Waals surface area contributed by atoms with E-state index in [1.807, 2.05) is 6.92 Å². The molecule has 1 saturated carbocycles. The SMILES string of the molecule is CC1CCC(OCC#Cc2ccc(CC[C@@H](C)C(N)O)s2)CC1.O=C(O)/C=C\C(=O)O. The van der Waals surface area contributed by atoms with Crippen molar-refractivity contribution in [3.8, 4) is 11.8 Å². The van der Waals surface area contributed by atoms with E-state index < -0.39 is 18.2 Å². The first-order valence-electron chi connectivity index (χ1n) is 10.4. The number of aliphatic hydroxyl groups excluding tert-OH is 1. The fraction of sp³-hybridized carbons (Fsp3) is 0.565. The molecular formula is C23H33NO6S. The molecule has 0 saturated heterocycles. The lowest BCUT2D eigenvalue weighted by atomic mass is 9.89. The molecule has 1 heterocycles. The van der Waals surface area contributed by atoms with E-state index >= 15 is 0 Å². The highest BCUT2D eigenvalue weighted by molar-refractivity contribution is 7.12. The summed E-state index contributed by atoms with van der Waals surface area (Å²) in [6.45, 7) is 4.82. The van der Waals surface area contributed by atoms with E-state index in [1.54, 1.807) is 11.3 Å². The first-order valence-corrected chi connectivity index (χ1v) is 11.3. The van der Waals surface area contributed by atoms with Gasteiger partial charge in [-0.2, -0.15) is 0 Å². The third-order valence-electron chi connectivity index (χ3n) is 5.02. The Labute approximate surface area is 187 Å². The topological polar surface area (TPSA) is 130 Å². The van der Waals surface area contributed by atoms with Crippen LogP contribution in [0.25, 0.3) is 0 Å². The minimum absolute atomic E-state index is 0.123. The van der Waals surface area contributed by atoms with Gasteiger partial charge in [-0.05, 0) is 62.5 Å². The first-order chi connectivity index (χ1) is 14.7. The number of carbonyl (C=O) groups is 2. The molecular weight excluding hydrogens is 418 g/mol. The Hall–Kier alpha value is -2.18. The number of aryl methyl sites for hydroxylation is 1. The second kappa shape index (κ2) is 14.8. The molecule has 0 spiro atoms. The van der Waals surface area contributed by atoms with Gasteiger partial charge in [0.2, 0.25) is 0 Å². The van der Waals surface area contributed by atoms with Crippen molar-refractivity contribution in [2.24, 2.45) is 17.6 Å². The molecule has 1 fully saturated rings. The maximum Gasteiger partial charge on any atom is 0.328 e. The molecule has 1 aromatic heterocycles. The molecule has 0 amide bonds. The van der Waals surface area contributed by atoms with Gasteiger partial charge in [-0.15, -0.1) is 11.3 Å². The minimum Gasteiger partial charge on any atom is -0.478 e. The van der Waals surface area contributed by atoms with E-state index in [4.69, 9.17) is 20.7 Å². The standard InChI is InChI=1S/C19H29NO2S.C4H4O4/c1-14-5-8-16(9-6-14)22-13-3-4-17-11-12-18(23-17)10-7-15(2)19(20)21;5-3(6)1-2-4(7)8/h11-12,14-16,19,21H,5-10,13,20H2,1-2H3;1-2H,(H,5,6)(H,7,8)/b;2-1-/t14?,15-,16?,19?;/m1./s1. The Morgan fingerprint density at radius 1 is 1.23 bits per heavy atom. The maximum atomic E-state index is 9.55. The van der Waals surface area contributed by atoms with Crippen LogP contribution in [-0.4, -0.2) is 46.2 Å². The lowest BCUT2D eigenvalue weighted by Gasteiger charge is -2.25. The van der Waals surface area contributed by atoms with Gasteiger partial charge in [-0.1, -0.05) is 25.7 Å². The average molecular weight is 452 g/mol. The molecule has 0 radical (unpaired) electrons. The van der Waals surface area contributed by atoms with Crippen molar-refractivity contribution in [1.29, 1.82) is 0 Å². The fourth-order valence-electron chi connectivity index (χ4n) is 2.94. The number of carboxylic acid groups (broad SMARTS) is 2. The van der Waals surface area contributed by atoms with Crippen molar-refractivity contribution < 1.29 is 29.6 Å². The summed E-state index contributed by atoms with van der Waals surface area (Å²) in [5.41, 5.74) is 5.48. The lowest BCUT2D eigenvalue weighted by molar-refractivity contribution is -0.134. The van der Waals surface area contributed by atoms with Gasteiger partial charge >= 0.3 is 11.9 Å². The first kappa shape index (κ1) is 26.9. The van der Waals surface area contributed by atoms with E-state index in [0.717, 1.165) is 23.6 Å². The summed E-state index contributed by atoms with van der Waals surface area (Å²) < 4.78 is 5.85. The highest BCUT2D eigenvalue weighted by Crippen LogP contribution is 2.25. The molecule has 1 unspecified atom stereocenters. The van der Waals surface area contributed by atoms with Crippen molar-refractivity contribution >= 4 is 23.3 Å². The number of nitrogens with two attached hydrogens (primary N) is 1. The number of ether oxygens (including phenoxy) is 1. The quantitative estimate of drug-likeness (QED) is 0.271. The van der Waals surface area contributed by atoms with E-state index in [-0.39, 0.29) is 5.92 Å². The second-order valence-corrected chi connectivity index (χ2v) is 8.95. The number of aliphatic hydroxyl groups is 1. The highest BCUT2D eigenvalue weighted by Gasteiger charge is 2.17. The third kappa shape index (κ3) is 13.0. The van der Waals surface area contributed by atoms with Crippen LogP contribution in [0, 0.1) is 23.7 Å². The van der Waals surface area contributed by atoms with Crippen LogP contribution in [0.5, 0.6) is 0 Å². The Kier molecular flexibility index (Phi) is 12.8. The number of rotatable bonds is 8. The zero-order valence-corrected chi connectivity index (χ0v) is 18.9. The zero-order chi connectivity index (χ0) is 23.2. The van der Waals surface area contributed by atoms with E-state index in [2.05, 4.69) is 30.9 Å². The summed E-state index contributed by atoms with van der Waals surface area (Å²) in [6, 6.07) is 4.19. The Balaban J connectivity index is 0.000000512. The van der Waals surface area contributed by atoms with Crippen LogP contribution in [0.1, 0.15) is 55.7 Å². The average Bonchev–Trinajstić information content (AvgIpc) is 3.17. The number of thiophene rings is 1. The predicted octanol–water partition coefficient (Wildman–Crippen LogP) is 3.25. The van der Waals surface area contributed by atoms with Crippen LogP contribution < -0.4 is 5.73 Å². The molecule has 5 N–H and O–H groups in total. The fourth-order valence-corrected chi connectivity index (χ4v) is 3.84. The molecule has 2 atom stereocenters. The summed E-state index contributed by atoms with van der Waals surface area (Å²) in [4.78, 5) is 21.5. The molecule has 0 aromatic carbocycles. The summed E-state index contributed by atoms with van der Waals surface area (Å²) in [5.74, 6) is 4.79. The second-order valence-electron chi connectivity index (χ2n) is 7.78. The number of hydrogen-bond donors (Lipinski definition) is 4. The molecule has 7 nitrogen and oxygen atoms in total. The largest absolute Gasteiger partial charge is 0.478 e. The molecule has 0 bridgehead atoms. The Bertz CT molecular complexity index is 753. The van der Waals surface area contributed by atoms with Gasteiger partial charge in [0.05, 0.1) is 11.0 Å². The van der Waals surface area contributed by atoms with Crippen LogP contribution >= 0.6 is 11.3 Å². The Morgan fingerprint density at radius 2 is 1.84 bits per heavy atom. The van der Waals surface area contributed by atoms with Gasteiger partial charge in [0.25, 0.3) is 0 Å². The smallest absolute Gasteiger partial charge is 0.328 e. The molecule has 172 valence electrons. The number of aliphatic carboxylic acids is 2. The molecule has 8 heteroatoms. The Morgan fingerprint density at radius 3 is 2.39 bits per heavy atom. The maximum absolute atomic E-state index is 9.55. The normalized spacial score (nSPS) is 20.1. The molecule has 1 aromatic rings. The van der Waals surface area contributed by atoms with Gasteiger partial charge in [0.1, 0.15) is 12.8 Å². The van der Waals surface area contributed by atoms with Crippen LogP contribution in [0.3, 0.4) is 0 Å². The summed E-state index contributed by atoms with van der Waals surface area (Å²) in [5, 5.41) is 24.9. The minimum atomic E-state index is -1.26. The van der Waals surface area contributed by atoms with Crippen LogP contribution in [0.2, 0.25) is 0 Å². The lowest BCUT2D eigenvalue weighted by Crippen LogP contribution is -2.27. The van der Waals surface area contributed by atoms with Crippen molar-refractivity contribution in [3.63, 3.8) is 0 Å². The van der Waals surface area contributed by atoms with Crippen LogP contribution in [0.4, 0.5) is 0 Å². The summed E-state index contributed by atoms with van der Waals surface area (Å²) in [7, 11) is 0. The van der Waals surface area contributed by atoms with Crippen LogP contribution in [0.15, 0.2) is 24.3 Å². The summed E-state index contributed by atoms with van der Waals surface area (Å²) in [6.07, 6.45) is 7.55. The van der Waals surface area contributed by atoms with Gasteiger partial charge in [0, 0.05) is 17.0 Å². The van der Waals surface area contributed by atoms with Gasteiger partial charge < -0.3 is 25.8 Å². The third-order valence-corrected chi connectivity index (χ3v) is 6.09. The van der Waals surface area contributed by atoms with Crippen molar-refractivity contribution in [3.05, 3.63) is 34.0 Å². The van der Waals surface area contributed by atoms with Crippen molar-refractivity contribution in [1.82, 2.24) is 0 Å². The number of carboxylic acids is 2. The van der Waals surface area contributed by atoms with E-state index in [1.165, 1.54) is 30.6 Å². The van der Waals surface area contributed by atoms with Gasteiger partial charge in [0.15, 0.2) is 0 Å². The summed E-state index contributed by atoms with van der Waals surface area (Å²) >= 11 is 1.72. The number of hydrogen-bond acceptors (Lipinski definition) is 6. The predicted molar refractivity (Wildman–Crippen MR) is 121 cm³/mol.